The van der Waals surface area contributed by atoms with Gasteiger partial charge in [0, 0.05) is 18.7 Å². The molecule has 2 aliphatic rings. The minimum absolute atomic E-state index is 0.107. The Labute approximate surface area is 239 Å². The van der Waals surface area contributed by atoms with Gasteiger partial charge in [0.1, 0.15) is 11.5 Å². The zero-order chi connectivity index (χ0) is 29.1. The van der Waals surface area contributed by atoms with Crippen LogP contribution in [0.15, 0.2) is 42.7 Å². The van der Waals surface area contributed by atoms with Gasteiger partial charge in [-0.2, -0.15) is 0 Å². The van der Waals surface area contributed by atoms with Gasteiger partial charge in [0.05, 0.1) is 48.4 Å². The Morgan fingerprint density at radius 3 is 2.59 bits per heavy atom. The molecule has 2 N–H and O–H groups in total. The molecule has 0 spiro atoms. The SMILES string of the molecule is COc1c(NS(C)(=O)=O)cc(C2(C)CC2)cc1C(=O)Nc1ccc(C)c(-n2cc(-c3cnc(C4CC4)n3C)nn2)c1. The van der Waals surface area contributed by atoms with E-state index in [-0.39, 0.29) is 22.4 Å². The lowest BCUT2D eigenvalue weighted by Crippen LogP contribution is -2.18. The van der Waals surface area contributed by atoms with Crippen LogP contribution in [0.5, 0.6) is 5.75 Å². The molecule has 2 aliphatic carbocycles. The normalized spacial score (nSPS) is 15.9. The first-order valence-corrected chi connectivity index (χ1v) is 15.4. The topological polar surface area (TPSA) is 133 Å². The van der Waals surface area contributed by atoms with Crippen LogP contribution in [0.25, 0.3) is 17.1 Å². The molecule has 2 aromatic carbocycles. The summed E-state index contributed by atoms with van der Waals surface area (Å²) in [6.07, 6.45) is 9.01. The van der Waals surface area contributed by atoms with E-state index in [0.29, 0.717) is 17.3 Å². The van der Waals surface area contributed by atoms with Gasteiger partial charge in [-0.05, 0) is 73.4 Å². The monoisotopic (exact) mass is 575 g/mol. The average molecular weight is 576 g/mol. The van der Waals surface area contributed by atoms with E-state index in [0.717, 1.165) is 47.4 Å². The van der Waals surface area contributed by atoms with Crippen LogP contribution >= 0.6 is 0 Å². The van der Waals surface area contributed by atoms with Gasteiger partial charge < -0.3 is 14.6 Å². The van der Waals surface area contributed by atoms with Gasteiger partial charge >= 0.3 is 0 Å². The highest BCUT2D eigenvalue weighted by molar-refractivity contribution is 7.92. The summed E-state index contributed by atoms with van der Waals surface area (Å²) in [5.41, 5.74) is 5.13. The molecule has 11 nitrogen and oxygen atoms in total. The molecule has 12 heteroatoms. The first-order chi connectivity index (χ1) is 19.5. The number of amides is 1. The number of carbonyl (C=O) groups excluding carboxylic acids is 1. The maximum absolute atomic E-state index is 13.6. The Kier molecular flexibility index (Phi) is 6.40. The summed E-state index contributed by atoms with van der Waals surface area (Å²) >= 11 is 0. The predicted octanol–water partition coefficient (Wildman–Crippen LogP) is 4.54. The van der Waals surface area contributed by atoms with Crippen LogP contribution in [0.4, 0.5) is 11.4 Å². The van der Waals surface area contributed by atoms with Crippen molar-refractivity contribution in [2.45, 2.75) is 50.9 Å². The second kappa shape index (κ2) is 9.72. The van der Waals surface area contributed by atoms with Crippen molar-refractivity contribution < 1.29 is 17.9 Å². The molecule has 0 saturated heterocycles. The number of benzene rings is 2. The lowest BCUT2D eigenvalue weighted by molar-refractivity contribution is 0.102. The molecule has 0 aliphatic heterocycles. The summed E-state index contributed by atoms with van der Waals surface area (Å²) in [5, 5.41) is 11.7. The molecule has 1 amide bonds. The van der Waals surface area contributed by atoms with E-state index >= 15 is 0 Å². The van der Waals surface area contributed by atoms with Gasteiger partial charge in [0.25, 0.3) is 5.91 Å². The van der Waals surface area contributed by atoms with Crippen LogP contribution in [0.2, 0.25) is 0 Å². The fraction of sp³-hybridized carbons (Fsp3) is 0.379. The molecule has 0 unspecified atom stereocenters. The quantitative estimate of drug-likeness (QED) is 0.299. The Bertz CT molecular complexity index is 1780. The third-order valence-corrected chi connectivity index (χ3v) is 8.56. The van der Waals surface area contributed by atoms with E-state index in [1.807, 2.05) is 44.6 Å². The standard InChI is InChI=1S/C29H33N7O4S/c1-17-6-9-20(14-24(17)36-16-23(32-34-36)25-15-30-27(35(25)3)18-7-8-18)31-28(37)21-12-19(29(2)10-11-29)13-22(26(21)40-4)33-41(5,38)39/h6,9,12-16,18,33H,7-8,10-11H2,1-5H3,(H,31,37). The summed E-state index contributed by atoms with van der Waals surface area (Å²) in [5.74, 6) is 1.34. The van der Waals surface area contributed by atoms with E-state index < -0.39 is 15.9 Å². The van der Waals surface area contributed by atoms with E-state index in [1.165, 1.54) is 20.0 Å². The van der Waals surface area contributed by atoms with Crippen LogP contribution in [0.1, 0.15) is 65.8 Å². The van der Waals surface area contributed by atoms with Crippen molar-refractivity contribution in [3.63, 3.8) is 0 Å². The van der Waals surface area contributed by atoms with Crippen LogP contribution < -0.4 is 14.8 Å². The number of hydrogen-bond acceptors (Lipinski definition) is 7. The molecule has 0 bridgehead atoms. The van der Waals surface area contributed by atoms with E-state index in [4.69, 9.17) is 4.74 Å². The molecule has 2 aromatic heterocycles. The first-order valence-electron chi connectivity index (χ1n) is 13.5. The third-order valence-electron chi connectivity index (χ3n) is 7.97. The number of rotatable bonds is 9. The highest BCUT2D eigenvalue weighted by Gasteiger charge is 2.40. The van der Waals surface area contributed by atoms with Crippen LogP contribution in [-0.2, 0) is 22.5 Å². The summed E-state index contributed by atoms with van der Waals surface area (Å²) in [6, 6.07) is 9.09. The van der Waals surface area contributed by atoms with Gasteiger partial charge in [-0.15, -0.1) is 5.10 Å². The summed E-state index contributed by atoms with van der Waals surface area (Å²) in [4.78, 5) is 18.2. The molecule has 0 radical (unpaired) electrons. The minimum atomic E-state index is -3.60. The molecule has 2 saturated carbocycles. The van der Waals surface area contributed by atoms with E-state index in [1.54, 1.807) is 16.8 Å². The molecule has 214 valence electrons. The highest BCUT2D eigenvalue weighted by Crippen LogP contribution is 2.50. The molecule has 6 rings (SSSR count). The first kappa shape index (κ1) is 27.0. The molecular weight excluding hydrogens is 542 g/mol. The molecule has 0 atom stereocenters. The number of anilines is 2. The van der Waals surface area contributed by atoms with Crippen molar-refractivity contribution in [1.82, 2.24) is 24.5 Å². The number of nitrogens with one attached hydrogen (secondary N) is 2. The van der Waals surface area contributed by atoms with Gasteiger partial charge in [-0.25, -0.2) is 18.1 Å². The summed E-state index contributed by atoms with van der Waals surface area (Å²) in [6.45, 7) is 4.06. The molecule has 2 fully saturated rings. The number of aromatic nitrogens is 5. The fourth-order valence-corrected chi connectivity index (χ4v) is 5.68. The number of carbonyl (C=O) groups is 1. The van der Waals surface area contributed by atoms with Crippen molar-refractivity contribution in [2.75, 3.05) is 23.4 Å². The zero-order valence-corrected chi connectivity index (χ0v) is 24.5. The smallest absolute Gasteiger partial charge is 0.259 e. The molecule has 4 aromatic rings. The Morgan fingerprint density at radius 1 is 1.17 bits per heavy atom. The fourth-order valence-electron chi connectivity index (χ4n) is 5.13. The Morgan fingerprint density at radius 2 is 1.93 bits per heavy atom. The zero-order valence-electron chi connectivity index (χ0n) is 23.7. The summed E-state index contributed by atoms with van der Waals surface area (Å²) in [7, 11) is -0.181. The third kappa shape index (κ3) is 5.31. The molecule has 2 heterocycles. The summed E-state index contributed by atoms with van der Waals surface area (Å²) < 4.78 is 36.0. The lowest BCUT2D eigenvalue weighted by atomic mass is 9.94. The Balaban J connectivity index is 1.31. The van der Waals surface area contributed by atoms with Crippen molar-refractivity contribution in [1.29, 1.82) is 0 Å². The second-order valence-corrected chi connectivity index (χ2v) is 13.1. The van der Waals surface area contributed by atoms with Gasteiger partial charge in [-0.1, -0.05) is 18.2 Å². The van der Waals surface area contributed by atoms with Crippen molar-refractivity contribution in [2.24, 2.45) is 7.05 Å². The van der Waals surface area contributed by atoms with E-state index in [2.05, 4.69) is 36.8 Å². The van der Waals surface area contributed by atoms with E-state index in [9.17, 15) is 13.2 Å². The number of nitrogens with zero attached hydrogens (tertiary/aromatic N) is 5. The van der Waals surface area contributed by atoms with Crippen molar-refractivity contribution in [3.05, 3.63) is 65.2 Å². The number of sulfonamides is 1. The number of imidazole rings is 1. The molecular formula is C29H33N7O4S. The maximum Gasteiger partial charge on any atom is 0.259 e. The second-order valence-electron chi connectivity index (χ2n) is 11.4. The number of methoxy groups -OCH3 is 1. The van der Waals surface area contributed by atoms with Crippen LogP contribution in [0.3, 0.4) is 0 Å². The van der Waals surface area contributed by atoms with Crippen molar-refractivity contribution >= 4 is 27.3 Å². The Hall–Kier alpha value is -4.19. The van der Waals surface area contributed by atoms with Gasteiger partial charge in [0.2, 0.25) is 10.0 Å². The lowest BCUT2D eigenvalue weighted by Gasteiger charge is -2.19. The van der Waals surface area contributed by atoms with Crippen molar-refractivity contribution in [3.8, 4) is 22.8 Å². The average Bonchev–Trinajstić information content (AvgIpc) is 3.81. The number of aryl methyl sites for hydroxylation is 1. The van der Waals surface area contributed by atoms with Gasteiger partial charge in [0.15, 0.2) is 5.75 Å². The van der Waals surface area contributed by atoms with Crippen LogP contribution in [0, 0.1) is 6.92 Å². The minimum Gasteiger partial charge on any atom is -0.494 e. The predicted molar refractivity (Wildman–Crippen MR) is 156 cm³/mol. The largest absolute Gasteiger partial charge is 0.494 e. The highest BCUT2D eigenvalue weighted by atomic mass is 32.2. The number of hydrogen-bond donors (Lipinski definition) is 2. The molecule has 41 heavy (non-hydrogen) atoms. The maximum atomic E-state index is 13.6. The van der Waals surface area contributed by atoms with Gasteiger partial charge in [-0.3, -0.25) is 9.52 Å². The van der Waals surface area contributed by atoms with Crippen LogP contribution in [-0.4, -0.2) is 52.2 Å². The number of ether oxygens (including phenoxy) is 1.